The van der Waals surface area contributed by atoms with E-state index in [0.29, 0.717) is 28.3 Å². The molecule has 0 spiro atoms. The van der Waals surface area contributed by atoms with Gasteiger partial charge >= 0.3 is 0 Å². The van der Waals surface area contributed by atoms with Gasteiger partial charge in [0.1, 0.15) is 5.75 Å². The Balaban J connectivity index is 1.91. The normalized spacial score (nSPS) is 10.6. The smallest absolute Gasteiger partial charge is 0.257 e. The van der Waals surface area contributed by atoms with Crippen LogP contribution in [0.2, 0.25) is 0 Å². The van der Waals surface area contributed by atoms with E-state index in [1.54, 1.807) is 36.0 Å². The molecule has 0 bridgehead atoms. The van der Waals surface area contributed by atoms with Gasteiger partial charge in [0.25, 0.3) is 5.91 Å². The number of fused-ring (bicyclic) bond motifs is 1. The highest BCUT2D eigenvalue weighted by molar-refractivity contribution is 6.07. The van der Waals surface area contributed by atoms with Gasteiger partial charge in [-0.05, 0) is 31.2 Å². The molecule has 26 heavy (non-hydrogen) atoms. The number of carbonyl (C=O) groups is 2. The largest absolute Gasteiger partial charge is 0.495 e. The summed E-state index contributed by atoms with van der Waals surface area (Å²) in [7, 11) is 3.32. The number of ether oxygens (including phenoxy) is 1. The number of anilines is 2. The van der Waals surface area contributed by atoms with Crippen LogP contribution in [0.4, 0.5) is 11.4 Å². The molecule has 0 saturated heterocycles. The molecule has 0 saturated carbocycles. The van der Waals surface area contributed by atoms with E-state index in [4.69, 9.17) is 4.74 Å². The SMILES string of the molecule is COc1ccc(NC(C)=O)cc1NC(=O)c1cnc2c(c1)c(C)nn2C. The minimum Gasteiger partial charge on any atom is -0.495 e. The third-order valence-electron chi connectivity index (χ3n) is 3.89. The van der Waals surface area contributed by atoms with Gasteiger partial charge in [-0.2, -0.15) is 5.10 Å². The molecular weight excluding hydrogens is 334 g/mol. The van der Waals surface area contributed by atoms with Gasteiger partial charge in [-0.15, -0.1) is 0 Å². The van der Waals surface area contributed by atoms with E-state index in [0.717, 1.165) is 11.1 Å². The maximum atomic E-state index is 12.7. The fourth-order valence-corrected chi connectivity index (χ4v) is 2.71. The number of pyridine rings is 1. The minimum absolute atomic E-state index is 0.200. The van der Waals surface area contributed by atoms with E-state index in [9.17, 15) is 9.59 Å². The lowest BCUT2D eigenvalue weighted by Crippen LogP contribution is -2.14. The summed E-state index contributed by atoms with van der Waals surface area (Å²) in [5.74, 6) is -0.0471. The van der Waals surface area contributed by atoms with Crippen molar-refractivity contribution in [3.63, 3.8) is 0 Å². The van der Waals surface area contributed by atoms with E-state index in [1.807, 2.05) is 6.92 Å². The maximum absolute atomic E-state index is 12.7. The van der Waals surface area contributed by atoms with E-state index < -0.39 is 0 Å². The monoisotopic (exact) mass is 353 g/mol. The van der Waals surface area contributed by atoms with Crippen LogP contribution >= 0.6 is 0 Å². The average Bonchev–Trinajstić information content (AvgIpc) is 2.88. The first-order chi connectivity index (χ1) is 12.4. The van der Waals surface area contributed by atoms with Gasteiger partial charge in [-0.1, -0.05) is 0 Å². The summed E-state index contributed by atoms with van der Waals surface area (Å²) >= 11 is 0. The van der Waals surface area contributed by atoms with Crippen LogP contribution in [0.5, 0.6) is 5.75 Å². The molecule has 0 fully saturated rings. The van der Waals surface area contributed by atoms with Crippen molar-refractivity contribution in [3.05, 3.63) is 41.7 Å². The number of aromatic nitrogens is 3. The second-order valence-electron chi connectivity index (χ2n) is 5.85. The van der Waals surface area contributed by atoms with Gasteiger partial charge in [0, 0.05) is 31.2 Å². The zero-order chi connectivity index (χ0) is 18.8. The minimum atomic E-state index is -0.332. The van der Waals surface area contributed by atoms with Gasteiger partial charge in [0.05, 0.1) is 24.1 Å². The molecule has 8 nitrogen and oxygen atoms in total. The molecule has 0 unspecified atom stereocenters. The highest BCUT2D eigenvalue weighted by Crippen LogP contribution is 2.28. The van der Waals surface area contributed by atoms with Crippen molar-refractivity contribution >= 4 is 34.2 Å². The van der Waals surface area contributed by atoms with E-state index in [1.165, 1.54) is 20.2 Å². The van der Waals surface area contributed by atoms with Crippen molar-refractivity contribution in [1.29, 1.82) is 0 Å². The fraction of sp³-hybridized carbons (Fsp3) is 0.222. The summed E-state index contributed by atoms with van der Waals surface area (Å²) in [6.45, 7) is 3.28. The van der Waals surface area contributed by atoms with E-state index in [-0.39, 0.29) is 11.8 Å². The molecule has 2 N–H and O–H groups in total. The first kappa shape index (κ1) is 17.4. The Morgan fingerprint density at radius 3 is 2.65 bits per heavy atom. The van der Waals surface area contributed by atoms with Crippen molar-refractivity contribution in [2.24, 2.45) is 7.05 Å². The molecule has 0 radical (unpaired) electrons. The Hall–Kier alpha value is -3.42. The van der Waals surface area contributed by atoms with Crippen LogP contribution in [0, 0.1) is 6.92 Å². The summed E-state index contributed by atoms with van der Waals surface area (Å²) < 4.78 is 6.95. The lowest BCUT2D eigenvalue weighted by molar-refractivity contribution is -0.114. The van der Waals surface area contributed by atoms with Gasteiger partial charge in [-0.25, -0.2) is 4.98 Å². The molecule has 134 valence electrons. The Morgan fingerprint density at radius 2 is 1.96 bits per heavy atom. The fourth-order valence-electron chi connectivity index (χ4n) is 2.71. The Kier molecular flexibility index (Phi) is 4.57. The van der Waals surface area contributed by atoms with Crippen molar-refractivity contribution in [1.82, 2.24) is 14.8 Å². The van der Waals surface area contributed by atoms with Crippen LogP contribution < -0.4 is 15.4 Å². The van der Waals surface area contributed by atoms with Gasteiger partial charge in [-0.3, -0.25) is 14.3 Å². The van der Waals surface area contributed by atoms with Gasteiger partial charge < -0.3 is 15.4 Å². The van der Waals surface area contributed by atoms with Gasteiger partial charge in [0.2, 0.25) is 5.91 Å². The number of nitrogens with one attached hydrogen (secondary N) is 2. The number of hydrogen-bond acceptors (Lipinski definition) is 5. The van der Waals surface area contributed by atoms with E-state index >= 15 is 0 Å². The molecule has 3 aromatic rings. The average molecular weight is 353 g/mol. The van der Waals surface area contributed by atoms with Crippen LogP contribution in [0.25, 0.3) is 11.0 Å². The standard InChI is InChI=1S/C18H19N5O3/c1-10-14-7-12(9-19-17(14)23(3)22-10)18(25)21-15-8-13(20-11(2)24)5-6-16(15)26-4/h5-9H,1-4H3,(H,20,24)(H,21,25). The van der Waals surface area contributed by atoms with Crippen molar-refractivity contribution < 1.29 is 14.3 Å². The summed E-state index contributed by atoms with van der Waals surface area (Å²) in [6.07, 6.45) is 1.50. The van der Waals surface area contributed by atoms with E-state index in [2.05, 4.69) is 20.7 Å². The highest BCUT2D eigenvalue weighted by atomic mass is 16.5. The number of rotatable bonds is 4. The van der Waals surface area contributed by atoms with Crippen LogP contribution in [0.3, 0.4) is 0 Å². The Morgan fingerprint density at radius 1 is 1.19 bits per heavy atom. The number of aryl methyl sites for hydroxylation is 2. The quantitative estimate of drug-likeness (QED) is 0.751. The molecule has 8 heteroatoms. The van der Waals surface area contributed by atoms with Crippen LogP contribution in [0.1, 0.15) is 23.0 Å². The van der Waals surface area contributed by atoms with Crippen molar-refractivity contribution in [2.45, 2.75) is 13.8 Å². The Labute approximate surface area is 150 Å². The molecule has 0 aliphatic carbocycles. The molecule has 2 heterocycles. The number of nitrogens with zero attached hydrogens (tertiary/aromatic N) is 3. The number of hydrogen-bond donors (Lipinski definition) is 2. The topological polar surface area (TPSA) is 98.1 Å². The van der Waals surface area contributed by atoms with Crippen molar-refractivity contribution in [3.8, 4) is 5.75 Å². The van der Waals surface area contributed by atoms with Crippen LogP contribution in [-0.2, 0) is 11.8 Å². The highest BCUT2D eigenvalue weighted by Gasteiger charge is 2.14. The summed E-state index contributed by atoms with van der Waals surface area (Å²) in [4.78, 5) is 28.2. The number of amides is 2. The third-order valence-corrected chi connectivity index (χ3v) is 3.89. The summed E-state index contributed by atoms with van der Waals surface area (Å²) in [6, 6.07) is 6.76. The summed E-state index contributed by atoms with van der Waals surface area (Å²) in [5, 5.41) is 10.6. The lowest BCUT2D eigenvalue weighted by Gasteiger charge is -2.12. The lowest BCUT2D eigenvalue weighted by atomic mass is 10.2. The maximum Gasteiger partial charge on any atom is 0.257 e. The first-order valence-electron chi connectivity index (χ1n) is 7.95. The number of carbonyl (C=O) groups excluding carboxylic acids is 2. The molecular formula is C18H19N5O3. The molecule has 0 aliphatic heterocycles. The molecule has 0 aliphatic rings. The molecule has 2 aromatic heterocycles. The molecule has 3 rings (SSSR count). The van der Waals surface area contributed by atoms with Crippen LogP contribution in [-0.4, -0.2) is 33.7 Å². The van der Waals surface area contributed by atoms with Crippen LogP contribution in [0.15, 0.2) is 30.5 Å². The Bertz CT molecular complexity index is 1010. The zero-order valence-electron chi connectivity index (χ0n) is 15.0. The predicted molar refractivity (Wildman–Crippen MR) is 98.5 cm³/mol. The molecule has 1 aromatic carbocycles. The number of benzene rings is 1. The van der Waals surface area contributed by atoms with Gasteiger partial charge in [0.15, 0.2) is 5.65 Å². The predicted octanol–water partition coefficient (Wildman–Crippen LogP) is 2.50. The zero-order valence-corrected chi connectivity index (χ0v) is 15.0. The molecule has 2 amide bonds. The second-order valence-corrected chi connectivity index (χ2v) is 5.85. The first-order valence-corrected chi connectivity index (χ1v) is 7.95. The number of methoxy groups -OCH3 is 1. The second kappa shape index (κ2) is 6.83. The molecule has 0 atom stereocenters. The third kappa shape index (κ3) is 3.34. The summed E-state index contributed by atoms with van der Waals surface area (Å²) in [5.41, 5.74) is 2.93. The van der Waals surface area contributed by atoms with Crippen molar-refractivity contribution in [2.75, 3.05) is 17.7 Å².